The van der Waals surface area contributed by atoms with Crippen molar-refractivity contribution in [2.45, 2.75) is 24.9 Å². The molecule has 2 aromatic carbocycles. The highest BCUT2D eigenvalue weighted by molar-refractivity contribution is 7.89. The van der Waals surface area contributed by atoms with E-state index in [9.17, 15) is 13.2 Å². The van der Waals surface area contributed by atoms with Crippen LogP contribution in [-0.4, -0.2) is 63.4 Å². The average molecular weight is 432 g/mol. The Hall–Kier alpha value is -2.26. The van der Waals surface area contributed by atoms with Crippen LogP contribution < -0.4 is 5.32 Å². The standard InChI is InChI=1S/C22H29N3O4S/c1-18-7-9-21(10-8-18)30(27,28)24(2)17-22(26)23-15-19-5-3-4-6-20(19)16-25-11-13-29-14-12-25/h3-10H,11-17H2,1-2H3,(H,23,26). The number of benzene rings is 2. The first-order valence-electron chi connectivity index (χ1n) is 10.0. The number of nitrogens with one attached hydrogen (secondary N) is 1. The van der Waals surface area contributed by atoms with Gasteiger partial charge in [-0.1, -0.05) is 42.0 Å². The molecule has 30 heavy (non-hydrogen) atoms. The first kappa shape index (κ1) is 22.4. The second-order valence-electron chi connectivity index (χ2n) is 7.51. The number of aryl methyl sites for hydroxylation is 1. The number of rotatable bonds is 8. The third kappa shape index (κ3) is 5.89. The number of nitrogens with zero attached hydrogens (tertiary/aromatic N) is 2. The van der Waals surface area contributed by atoms with Crippen LogP contribution in [0.2, 0.25) is 0 Å². The van der Waals surface area contributed by atoms with Gasteiger partial charge < -0.3 is 10.1 Å². The highest BCUT2D eigenvalue weighted by Crippen LogP contribution is 2.15. The van der Waals surface area contributed by atoms with Crippen LogP contribution in [0.15, 0.2) is 53.4 Å². The van der Waals surface area contributed by atoms with E-state index in [1.54, 1.807) is 24.3 Å². The zero-order valence-corrected chi connectivity index (χ0v) is 18.3. The molecule has 1 saturated heterocycles. The minimum atomic E-state index is -3.71. The largest absolute Gasteiger partial charge is 0.379 e. The van der Waals surface area contributed by atoms with E-state index in [2.05, 4.69) is 16.3 Å². The molecule has 0 spiro atoms. The quantitative estimate of drug-likeness (QED) is 0.689. The highest BCUT2D eigenvalue weighted by atomic mass is 32.2. The Morgan fingerprint density at radius 2 is 1.70 bits per heavy atom. The molecule has 0 atom stereocenters. The fourth-order valence-electron chi connectivity index (χ4n) is 3.31. The van der Waals surface area contributed by atoms with Gasteiger partial charge in [-0.25, -0.2) is 8.42 Å². The van der Waals surface area contributed by atoms with Gasteiger partial charge in [-0.15, -0.1) is 0 Å². The lowest BCUT2D eigenvalue weighted by molar-refractivity contribution is -0.121. The van der Waals surface area contributed by atoms with Crippen molar-refractivity contribution < 1.29 is 17.9 Å². The number of amides is 1. The van der Waals surface area contributed by atoms with Gasteiger partial charge in [0.25, 0.3) is 0 Å². The van der Waals surface area contributed by atoms with Crippen molar-refractivity contribution in [1.29, 1.82) is 0 Å². The van der Waals surface area contributed by atoms with Crippen molar-refractivity contribution in [3.63, 3.8) is 0 Å². The minimum absolute atomic E-state index is 0.180. The van der Waals surface area contributed by atoms with Gasteiger partial charge in [0.15, 0.2) is 0 Å². The molecule has 8 heteroatoms. The summed E-state index contributed by atoms with van der Waals surface area (Å²) in [5.74, 6) is -0.339. The van der Waals surface area contributed by atoms with E-state index in [4.69, 9.17) is 4.74 Å². The van der Waals surface area contributed by atoms with Crippen molar-refractivity contribution in [3.05, 3.63) is 65.2 Å². The number of morpholine rings is 1. The summed E-state index contributed by atoms with van der Waals surface area (Å²) in [4.78, 5) is 14.9. The Labute approximate surface area is 178 Å². The molecule has 1 aliphatic heterocycles. The predicted molar refractivity (Wildman–Crippen MR) is 115 cm³/mol. The smallest absolute Gasteiger partial charge is 0.243 e. The van der Waals surface area contributed by atoms with Crippen LogP contribution in [0.25, 0.3) is 0 Å². The summed E-state index contributed by atoms with van der Waals surface area (Å²) in [6.07, 6.45) is 0. The molecule has 1 fully saturated rings. The van der Waals surface area contributed by atoms with Crippen LogP contribution >= 0.6 is 0 Å². The molecular formula is C22H29N3O4S. The van der Waals surface area contributed by atoms with Crippen LogP contribution in [0.5, 0.6) is 0 Å². The summed E-state index contributed by atoms with van der Waals surface area (Å²) in [7, 11) is -2.29. The lowest BCUT2D eigenvalue weighted by Gasteiger charge is -2.27. The first-order valence-corrected chi connectivity index (χ1v) is 11.5. The number of sulfonamides is 1. The van der Waals surface area contributed by atoms with E-state index in [0.29, 0.717) is 6.54 Å². The monoisotopic (exact) mass is 431 g/mol. The second-order valence-corrected chi connectivity index (χ2v) is 9.55. The van der Waals surface area contributed by atoms with Crippen molar-refractivity contribution in [2.75, 3.05) is 39.9 Å². The molecule has 0 radical (unpaired) electrons. The number of carbonyl (C=O) groups excluding carboxylic acids is 1. The van der Waals surface area contributed by atoms with Gasteiger partial charge in [-0.3, -0.25) is 9.69 Å². The van der Waals surface area contributed by atoms with Crippen LogP contribution in [0.1, 0.15) is 16.7 Å². The predicted octanol–water partition coefficient (Wildman–Crippen LogP) is 1.76. The fraction of sp³-hybridized carbons (Fsp3) is 0.409. The van der Waals surface area contributed by atoms with Gasteiger partial charge in [0.1, 0.15) is 0 Å². The summed E-state index contributed by atoms with van der Waals surface area (Å²) in [5.41, 5.74) is 3.16. The molecule has 0 unspecified atom stereocenters. The summed E-state index contributed by atoms with van der Waals surface area (Å²) < 4.78 is 31.8. The molecule has 1 aliphatic rings. The Bertz CT molecular complexity index is 955. The molecule has 3 rings (SSSR count). The third-order valence-electron chi connectivity index (χ3n) is 5.19. The molecule has 7 nitrogen and oxygen atoms in total. The number of ether oxygens (including phenoxy) is 1. The SMILES string of the molecule is Cc1ccc(S(=O)(=O)N(C)CC(=O)NCc2ccccc2CN2CCOCC2)cc1. The summed E-state index contributed by atoms with van der Waals surface area (Å²) in [6.45, 7) is 6.08. The molecule has 0 saturated carbocycles. The Morgan fingerprint density at radius 1 is 1.07 bits per heavy atom. The number of hydrogen-bond donors (Lipinski definition) is 1. The first-order chi connectivity index (χ1) is 14.4. The van der Waals surface area contributed by atoms with E-state index < -0.39 is 10.0 Å². The fourth-order valence-corrected chi connectivity index (χ4v) is 4.44. The molecule has 0 bridgehead atoms. The van der Waals surface area contributed by atoms with Crippen LogP contribution in [-0.2, 0) is 32.6 Å². The Balaban J connectivity index is 1.57. The molecule has 162 valence electrons. The van der Waals surface area contributed by atoms with E-state index in [0.717, 1.165) is 53.8 Å². The number of likely N-dealkylation sites (N-methyl/N-ethyl adjacent to an activating group) is 1. The summed E-state index contributed by atoms with van der Waals surface area (Å²) in [5, 5.41) is 2.85. The molecule has 1 amide bonds. The molecule has 0 aromatic heterocycles. The second kappa shape index (κ2) is 10.2. The van der Waals surface area contributed by atoms with Gasteiger partial charge in [-0.2, -0.15) is 4.31 Å². The molecule has 1 N–H and O–H groups in total. The lowest BCUT2D eigenvalue weighted by Crippen LogP contribution is -2.38. The molecule has 0 aliphatic carbocycles. The van der Waals surface area contributed by atoms with Crippen LogP contribution in [0, 0.1) is 6.92 Å². The molecular weight excluding hydrogens is 402 g/mol. The van der Waals surface area contributed by atoms with Gasteiger partial charge in [0, 0.05) is 33.2 Å². The van der Waals surface area contributed by atoms with E-state index in [1.165, 1.54) is 7.05 Å². The average Bonchev–Trinajstić information content (AvgIpc) is 2.74. The summed E-state index contributed by atoms with van der Waals surface area (Å²) in [6, 6.07) is 14.6. The van der Waals surface area contributed by atoms with Gasteiger partial charge in [-0.05, 0) is 30.2 Å². The van der Waals surface area contributed by atoms with Crippen molar-refractivity contribution in [2.24, 2.45) is 0 Å². The van der Waals surface area contributed by atoms with Crippen molar-refractivity contribution in [3.8, 4) is 0 Å². The normalized spacial score (nSPS) is 15.3. The van der Waals surface area contributed by atoms with Gasteiger partial charge in [0.05, 0.1) is 24.7 Å². The lowest BCUT2D eigenvalue weighted by atomic mass is 10.1. The number of hydrogen-bond acceptors (Lipinski definition) is 5. The molecule has 2 aromatic rings. The Morgan fingerprint density at radius 3 is 2.37 bits per heavy atom. The van der Waals surface area contributed by atoms with E-state index in [1.807, 2.05) is 25.1 Å². The minimum Gasteiger partial charge on any atom is -0.379 e. The maximum atomic E-state index is 12.7. The topological polar surface area (TPSA) is 79.0 Å². The van der Waals surface area contributed by atoms with Gasteiger partial charge in [0.2, 0.25) is 15.9 Å². The maximum absolute atomic E-state index is 12.7. The maximum Gasteiger partial charge on any atom is 0.243 e. The summed E-state index contributed by atoms with van der Waals surface area (Å²) >= 11 is 0. The highest BCUT2D eigenvalue weighted by Gasteiger charge is 2.23. The number of carbonyl (C=O) groups is 1. The van der Waals surface area contributed by atoms with Gasteiger partial charge >= 0.3 is 0 Å². The van der Waals surface area contributed by atoms with Crippen molar-refractivity contribution >= 4 is 15.9 Å². The van der Waals surface area contributed by atoms with Crippen LogP contribution in [0.4, 0.5) is 0 Å². The Kier molecular flexibility index (Phi) is 7.60. The third-order valence-corrected chi connectivity index (χ3v) is 7.01. The zero-order valence-electron chi connectivity index (χ0n) is 17.5. The van der Waals surface area contributed by atoms with E-state index in [-0.39, 0.29) is 17.3 Å². The zero-order chi connectivity index (χ0) is 21.6. The van der Waals surface area contributed by atoms with Crippen LogP contribution in [0.3, 0.4) is 0 Å². The van der Waals surface area contributed by atoms with E-state index >= 15 is 0 Å². The molecule has 1 heterocycles. The van der Waals surface area contributed by atoms with Crippen molar-refractivity contribution in [1.82, 2.24) is 14.5 Å².